The molecule has 0 bridgehead atoms. The molecule has 25 heteroatoms. The summed E-state index contributed by atoms with van der Waals surface area (Å²) in [7, 11) is -0.798. The summed E-state index contributed by atoms with van der Waals surface area (Å²) in [5.74, 6) is -2.60. The van der Waals surface area contributed by atoms with E-state index in [2.05, 4.69) is 24.2 Å². The molecule has 0 spiro atoms. The van der Waals surface area contributed by atoms with Gasteiger partial charge in [-0.3, -0.25) is 4.79 Å². The van der Waals surface area contributed by atoms with Gasteiger partial charge in [0.1, 0.15) is 12.7 Å². The Labute approximate surface area is 296 Å². The highest BCUT2D eigenvalue weighted by molar-refractivity contribution is 7.91. The van der Waals surface area contributed by atoms with Crippen LogP contribution in [0.2, 0.25) is 0 Å². The molecule has 5 rings (SSSR count). The summed E-state index contributed by atoms with van der Waals surface area (Å²) in [5, 5.41) is -0.429. The molecule has 0 unspecified atom stereocenters. The molecule has 0 aliphatic rings. The zero-order valence-corrected chi connectivity index (χ0v) is 28.5. The average molecular weight is 791 g/mol. The number of nitrogens with zero attached hydrogens (tertiary/aromatic N) is 5. The van der Waals surface area contributed by atoms with Crippen molar-refractivity contribution < 1.29 is 63.4 Å². The van der Waals surface area contributed by atoms with Crippen LogP contribution in [0, 0.1) is 0 Å². The van der Waals surface area contributed by atoms with Gasteiger partial charge in [-0.2, -0.15) is 31.0 Å². The molecular formula is C29H24F6N8O10S. The van der Waals surface area contributed by atoms with Crippen molar-refractivity contribution in [2.75, 3.05) is 38.1 Å². The predicted octanol–water partition coefficient (Wildman–Crippen LogP) is 2.23. The third kappa shape index (κ3) is 8.51. The lowest BCUT2D eigenvalue weighted by atomic mass is 10.1. The molecule has 5 aromatic rings. The number of alkyl halides is 6. The summed E-state index contributed by atoms with van der Waals surface area (Å²) in [6, 6.07) is 2.86. The molecule has 0 aliphatic carbocycles. The number of hydrogen-bond donors (Lipinski definition) is 3. The van der Waals surface area contributed by atoms with Gasteiger partial charge in [-0.05, 0) is 24.3 Å². The molecule has 2 aromatic carbocycles. The number of aromatic amines is 1. The fraction of sp³-hybridized carbons (Fsp3) is 0.207. The first-order valence-electron chi connectivity index (χ1n) is 14.2. The van der Waals surface area contributed by atoms with Crippen molar-refractivity contribution in [3.8, 4) is 11.4 Å². The van der Waals surface area contributed by atoms with Crippen LogP contribution >= 0.6 is 0 Å². The van der Waals surface area contributed by atoms with E-state index >= 15 is 0 Å². The van der Waals surface area contributed by atoms with E-state index in [0.29, 0.717) is 18.4 Å². The summed E-state index contributed by atoms with van der Waals surface area (Å²) in [4.78, 5) is 70.2. The number of nitrogen functional groups attached to an aromatic ring is 1. The Kier molecular flexibility index (Phi) is 11.0. The molecular weight excluding hydrogens is 766 g/mol. The lowest BCUT2D eigenvalue weighted by Crippen LogP contribution is -2.43. The Hall–Kier alpha value is -6.66. The number of benzene rings is 2. The van der Waals surface area contributed by atoms with Crippen molar-refractivity contribution in [1.29, 1.82) is 0 Å². The number of sulfonamides is 1. The van der Waals surface area contributed by atoms with E-state index in [-0.39, 0.29) is 27.3 Å². The quantitative estimate of drug-likeness (QED) is 0.0929. The maximum absolute atomic E-state index is 13.6. The zero-order valence-electron chi connectivity index (χ0n) is 27.7. The fourth-order valence-electron chi connectivity index (χ4n) is 4.60. The van der Waals surface area contributed by atoms with E-state index in [9.17, 15) is 58.7 Å². The van der Waals surface area contributed by atoms with Crippen molar-refractivity contribution in [1.82, 2.24) is 28.8 Å². The molecule has 3 heterocycles. The van der Waals surface area contributed by atoms with Crippen molar-refractivity contribution in [3.63, 3.8) is 0 Å². The second kappa shape index (κ2) is 14.8. The van der Waals surface area contributed by atoms with Crippen molar-refractivity contribution in [2.24, 2.45) is 0 Å². The van der Waals surface area contributed by atoms with Crippen LogP contribution in [0.3, 0.4) is 0 Å². The number of H-pyrrole nitrogens is 1. The van der Waals surface area contributed by atoms with E-state index in [0.717, 1.165) is 67.6 Å². The Bertz CT molecular complexity index is 2520. The molecule has 3 aromatic heterocycles. The van der Waals surface area contributed by atoms with Crippen LogP contribution in [0.4, 0.5) is 32.0 Å². The molecule has 0 saturated carbocycles. The van der Waals surface area contributed by atoms with Crippen LogP contribution in [0.25, 0.3) is 22.3 Å². The molecule has 0 fully saturated rings. The second-order valence-corrected chi connectivity index (χ2v) is 12.3. The number of halogens is 6. The largest absolute Gasteiger partial charge is 0.465 e. The predicted molar refractivity (Wildman–Crippen MR) is 172 cm³/mol. The van der Waals surface area contributed by atoms with Crippen LogP contribution in [0.15, 0.2) is 58.9 Å². The molecule has 54 heavy (non-hydrogen) atoms. The van der Waals surface area contributed by atoms with Gasteiger partial charge in [-0.1, -0.05) is 0 Å². The number of carbonyl (C=O) groups excluding carboxylic acids is 3. The first-order valence-corrected chi connectivity index (χ1v) is 16.1. The molecule has 288 valence electrons. The number of anilines is 1. The van der Waals surface area contributed by atoms with Gasteiger partial charge in [0.2, 0.25) is 10.0 Å². The molecule has 0 aliphatic heterocycles. The summed E-state index contributed by atoms with van der Waals surface area (Å²) in [5.41, 5.74) is -1.91. The minimum atomic E-state index is -4.91. The number of imidazole rings is 2. The highest BCUT2D eigenvalue weighted by atomic mass is 32.2. The Balaban J connectivity index is 0.000000247. The highest BCUT2D eigenvalue weighted by Gasteiger charge is 2.37. The number of hydrogen-bond acceptors (Lipinski definition) is 13. The number of ether oxygens (including phenoxy) is 3. The van der Waals surface area contributed by atoms with Gasteiger partial charge in [0, 0.05) is 18.1 Å². The Morgan fingerprint density at radius 2 is 1.24 bits per heavy atom. The number of methoxy groups -OCH3 is 3. The van der Waals surface area contributed by atoms with Crippen LogP contribution in [0.1, 0.15) is 42.5 Å². The zero-order chi connectivity index (χ0) is 40.5. The topological polar surface area (TPSA) is 242 Å². The molecule has 0 radical (unpaired) electrons. The third-order valence-electron chi connectivity index (χ3n) is 6.97. The van der Waals surface area contributed by atoms with Crippen LogP contribution in [-0.4, -0.2) is 82.7 Å². The van der Waals surface area contributed by atoms with Gasteiger partial charge in [-0.25, -0.2) is 42.4 Å². The number of nitrogens with one attached hydrogen (secondary N) is 2. The van der Waals surface area contributed by atoms with Crippen molar-refractivity contribution in [2.45, 2.75) is 12.4 Å². The van der Waals surface area contributed by atoms with Gasteiger partial charge in [0.15, 0.2) is 11.4 Å². The van der Waals surface area contributed by atoms with Gasteiger partial charge < -0.3 is 34.1 Å². The highest BCUT2D eigenvalue weighted by Crippen LogP contribution is 2.37. The standard InChI is InChI=1S/C15H12F3N5O6S.C14H12F3N3O4/c1-29-13(25)10-5-22(6-19-10)11-3-7-9(4-8(11)15(16,17)18)20-14(26)23(12(7)24)21-30(2,27)28;1-23-12(21)7-3-11(8(4-9(7)18)14(15,16)17)20-5-10(19-6-20)13(22)24-2/h3-6,21H,1-2H3,(H,20,26);3-6H,18H2,1-2H3. The first-order chi connectivity index (χ1) is 25.0. The summed E-state index contributed by atoms with van der Waals surface area (Å²) < 4.78 is 119. The summed E-state index contributed by atoms with van der Waals surface area (Å²) in [6.07, 6.45) is -5.06. The number of nitrogens with two attached hydrogens (primary N) is 1. The fourth-order valence-corrected chi connectivity index (χ4v) is 5.10. The molecule has 4 N–H and O–H groups in total. The van der Waals surface area contributed by atoms with E-state index in [1.807, 2.05) is 4.98 Å². The van der Waals surface area contributed by atoms with Gasteiger partial charge >= 0.3 is 36.0 Å². The van der Waals surface area contributed by atoms with Crippen molar-refractivity contribution >= 4 is 44.5 Å². The second-order valence-electron chi connectivity index (χ2n) is 10.6. The normalized spacial score (nSPS) is 11.7. The van der Waals surface area contributed by atoms with Crippen LogP contribution in [-0.2, 0) is 36.6 Å². The minimum Gasteiger partial charge on any atom is -0.465 e. The molecule has 0 atom stereocenters. The third-order valence-corrected chi connectivity index (χ3v) is 7.48. The lowest BCUT2D eigenvalue weighted by Gasteiger charge is -2.16. The number of carbonyl (C=O) groups is 3. The molecule has 0 saturated heterocycles. The number of esters is 3. The van der Waals surface area contributed by atoms with E-state index in [1.54, 1.807) is 4.83 Å². The van der Waals surface area contributed by atoms with Gasteiger partial charge in [0.25, 0.3) is 5.56 Å². The lowest BCUT2D eigenvalue weighted by molar-refractivity contribution is -0.138. The molecule has 18 nitrogen and oxygen atoms in total. The average Bonchev–Trinajstić information content (AvgIpc) is 3.79. The number of aromatic nitrogens is 6. The van der Waals surface area contributed by atoms with Gasteiger partial charge in [-0.15, -0.1) is 0 Å². The van der Waals surface area contributed by atoms with Gasteiger partial charge in [0.05, 0.1) is 66.6 Å². The number of fused-ring (bicyclic) bond motifs is 1. The summed E-state index contributed by atoms with van der Waals surface area (Å²) in [6.45, 7) is 0. The maximum atomic E-state index is 13.6. The Morgan fingerprint density at radius 1 is 0.778 bits per heavy atom. The summed E-state index contributed by atoms with van der Waals surface area (Å²) >= 11 is 0. The van der Waals surface area contributed by atoms with E-state index < -0.39 is 84.9 Å². The SMILES string of the molecule is COC(=O)c1cn(-c2cc(C(=O)OC)c(N)cc2C(F)(F)F)cn1.COC(=O)c1cn(-c2cc3c(=O)n(NS(C)(=O)=O)c(=O)[nH]c3cc2C(F)(F)F)cn1. The maximum Gasteiger partial charge on any atom is 0.418 e. The number of rotatable bonds is 7. The smallest absolute Gasteiger partial charge is 0.418 e. The van der Waals surface area contributed by atoms with Crippen molar-refractivity contribution in [3.05, 3.63) is 98.2 Å². The van der Waals surface area contributed by atoms with Crippen LogP contribution < -0.4 is 21.8 Å². The minimum absolute atomic E-state index is 0.114. The van der Waals surface area contributed by atoms with Crippen LogP contribution in [0.5, 0.6) is 0 Å². The van der Waals surface area contributed by atoms with E-state index in [4.69, 9.17) is 5.73 Å². The molecule has 0 amide bonds. The van der Waals surface area contributed by atoms with E-state index in [1.165, 1.54) is 0 Å². The first kappa shape index (κ1) is 40.1. The Morgan fingerprint density at radius 3 is 1.69 bits per heavy atom. The monoisotopic (exact) mass is 790 g/mol.